The van der Waals surface area contributed by atoms with Gasteiger partial charge in [0.15, 0.2) is 0 Å². The molecule has 0 aliphatic rings. The van der Waals surface area contributed by atoms with Crippen molar-refractivity contribution >= 4 is 17.0 Å². The maximum absolute atomic E-state index is 13.4. The van der Waals surface area contributed by atoms with Crippen molar-refractivity contribution in [1.29, 1.82) is 0 Å². The van der Waals surface area contributed by atoms with Crippen molar-refractivity contribution in [2.45, 2.75) is 25.9 Å². The Labute approximate surface area is 117 Å². The van der Waals surface area contributed by atoms with Gasteiger partial charge in [-0.05, 0) is 49.1 Å². The van der Waals surface area contributed by atoms with E-state index in [4.69, 9.17) is 5.73 Å². The van der Waals surface area contributed by atoms with Crippen LogP contribution in [0.2, 0.25) is 0 Å². The summed E-state index contributed by atoms with van der Waals surface area (Å²) in [4.78, 5) is 3.42. The molecule has 1 heterocycles. The van der Waals surface area contributed by atoms with Crippen LogP contribution in [0.4, 0.5) is 10.1 Å². The standard InChI is InChI=1S/C15H19FN2S/c1-10(17)13-9-12(16)6-7-14(13)18(3)11(2)15-5-4-8-19-15/h4-11H,17H2,1-3H3/t10-,11?/m1/s1. The van der Waals surface area contributed by atoms with Gasteiger partial charge in [0.1, 0.15) is 5.82 Å². The molecule has 19 heavy (non-hydrogen) atoms. The molecule has 0 aliphatic carbocycles. The highest BCUT2D eigenvalue weighted by Gasteiger charge is 2.18. The van der Waals surface area contributed by atoms with Gasteiger partial charge in [0.25, 0.3) is 0 Å². The highest BCUT2D eigenvalue weighted by Crippen LogP contribution is 2.32. The third-order valence-electron chi connectivity index (χ3n) is 3.40. The average Bonchev–Trinajstić information content (AvgIpc) is 2.90. The van der Waals surface area contributed by atoms with Crippen LogP contribution in [-0.4, -0.2) is 7.05 Å². The molecule has 0 saturated carbocycles. The van der Waals surface area contributed by atoms with Crippen molar-refractivity contribution in [2.75, 3.05) is 11.9 Å². The average molecular weight is 278 g/mol. The Hall–Kier alpha value is -1.39. The molecule has 2 atom stereocenters. The molecule has 0 fully saturated rings. The van der Waals surface area contributed by atoms with Crippen LogP contribution in [0.3, 0.4) is 0 Å². The molecule has 0 saturated heterocycles. The summed E-state index contributed by atoms with van der Waals surface area (Å²) in [6, 6.07) is 9.02. The quantitative estimate of drug-likeness (QED) is 0.912. The lowest BCUT2D eigenvalue weighted by Gasteiger charge is -2.29. The molecule has 2 nitrogen and oxygen atoms in total. The van der Waals surface area contributed by atoms with Gasteiger partial charge in [-0.1, -0.05) is 6.07 Å². The molecule has 1 unspecified atom stereocenters. The van der Waals surface area contributed by atoms with E-state index in [2.05, 4.69) is 23.3 Å². The summed E-state index contributed by atoms with van der Waals surface area (Å²) in [6.45, 7) is 4.02. The Morgan fingerprint density at radius 2 is 2.00 bits per heavy atom. The van der Waals surface area contributed by atoms with Gasteiger partial charge in [-0.3, -0.25) is 0 Å². The summed E-state index contributed by atoms with van der Waals surface area (Å²) in [6.07, 6.45) is 0. The number of benzene rings is 1. The number of nitrogens with two attached hydrogens (primary N) is 1. The van der Waals surface area contributed by atoms with E-state index in [1.807, 2.05) is 20.0 Å². The van der Waals surface area contributed by atoms with Gasteiger partial charge < -0.3 is 10.6 Å². The van der Waals surface area contributed by atoms with E-state index in [1.165, 1.54) is 17.0 Å². The zero-order valence-electron chi connectivity index (χ0n) is 11.4. The van der Waals surface area contributed by atoms with Crippen molar-refractivity contribution in [3.8, 4) is 0 Å². The molecule has 2 aromatic rings. The molecule has 2 N–H and O–H groups in total. The van der Waals surface area contributed by atoms with Crippen LogP contribution in [-0.2, 0) is 0 Å². The second-order valence-corrected chi connectivity index (χ2v) is 5.77. The predicted molar refractivity (Wildman–Crippen MR) is 80.1 cm³/mol. The number of hydrogen-bond donors (Lipinski definition) is 1. The van der Waals surface area contributed by atoms with Gasteiger partial charge in [-0.2, -0.15) is 0 Å². The van der Waals surface area contributed by atoms with Crippen LogP contribution < -0.4 is 10.6 Å². The smallest absolute Gasteiger partial charge is 0.123 e. The van der Waals surface area contributed by atoms with E-state index in [0.717, 1.165) is 11.3 Å². The van der Waals surface area contributed by atoms with Crippen LogP contribution in [0.15, 0.2) is 35.7 Å². The molecule has 0 aliphatic heterocycles. The van der Waals surface area contributed by atoms with Crippen molar-refractivity contribution in [3.05, 3.63) is 52.0 Å². The van der Waals surface area contributed by atoms with E-state index in [-0.39, 0.29) is 17.9 Å². The molecule has 1 aromatic carbocycles. The summed E-state index contributed by atoms with van der Waals surface area (Å²) >= 11 is 1.72. The normalized spacial score (nSPS) is 14.2. The van der Waals surface area contributed by atoms with Crippen molar-refractivity contribution in [1.82, 2.24) is 0 Å². The molecular weight excluding hydrogens is 259 g/mol. The number of halogens is 1. The van der Waals surface area contributed by atoms with Gasteiger partial charge in [0.05, 0.1) is 6.04 Å². The Morgan fingerprint density at radius 1 is 1.26 bits per heavy atom. The minimum atomic E-state index is -0.242. The molecule has 0 bridgehead atoms. The molecule has 0 radical (unpaired) electrons. The number of rotatable bonds is 4. The molecule has 2 rings (SSSR count). The minimum Gasteiger partial charge on any atom is -0.367 e. The van der Waals surface area contributed by atoms with Crippen LogP contribution >= 0.6 is 11.3 Å². The van der Waals surface area contributed by atoms with E-state index >= 15 is 0 Å². The second-order valence-electron chi connectivity index (χ2n) is 4.79. The third-order valence-corrected chi connectivity index (χ3v) is 4.44. The van der Waals surface area contributed by atoms with Crippen LogP contribution in [0.5, 0.6) is 0 Å². The van der Waals surface area contributed by atoms with E-state index in [0.29, 0.717) is 0 Å². The van der Waals surface area contributed by atoms with Gasteiger partial charge >= 0.3 is 0 Å². The maximum atomic E-state index is 13.4. The fourth-order valence-corrected chi connectivity index (χ4v) is 2.97. The number of hydrogen-bond acceptors (Lipinski definition) is 3. The highest BCUT2D eigenvalue weighted by atomic mass is 32.1. The SMILES string of the molecule is CC(c1cccs1)N(C)c1ccc(F)cc1[C@@H](C)N. The Balaban J connectivity index is 2.35. The van der Waals surface area contributed by atoms with Crippen LogP contribution in [0, 0.1) is 5.82 Å². The highest BCUT2D eigenvalue weighted by molar-refractivity contribution is 7.10. The lowest BCUT2D eigenvalue weighted by atomic mass is 10.0. The first-order valence-corrected chi connectivity index (χ1v) is 7.20. The van der Waals surface area contributed by atoms with Gasteiger partial charge in [0, 0.05) is 23.7 Å². The van der Waals surface area contributed by atoms with E-state index in [1.54, 1.807) is 17.4 Å². The first-order chi connectivity index (χ1) is 9.00. The summed E-state index contributed by atoms with van der Waals surface area (Å²) < 4.78 is 13.4. The number of nitrogens with zero attached hydrogens (tertiary/aromatic N) is 1. The molecule has 0 spiro atoms. The monoisotopic (exact) mass is 278 g/mol. The lowest BCUT2D eigenvalue weighted by Crippen LogP contribution is -2.23. The molecule has 0 amide bonds. The van der Waals surface area contributed by atoms with Gasteiger partial charge in [-0.25, -0.2) is 4.39 Å². The second kappa shape index (κ2) is 5.72. The molecule has 102 valence electrons. The zero-order valence-corrected chi connectivity index (χ0v) is 12.2. The van der Waals surface area contributed by atoms with Gasteiger partial charge in [-0.15, -0.1) is 11.3 Å². The third kappa shape index (κ3) is 2.96. The fraction of sp³-hybridized carbons (Fsp3) is 0.333. The molecule has 1 aromatic heterocycles. The van der Waals surface area contributed by atoms with E-state index in [9.17, 15) is 4.39 Å². The first kappa shape index (κ1) is 14.0. The molecule has 4 heteroatoms. The summed E-state index contributed by atoms with van der Waals surface area (Å²) in [5.41, 5.74) is 7.77. The minimum absolute atomic E-state index is 0.191. The largest absolute Gasteiger partial charge is 0.367 e. The summed E-state index contributed by atoms with van der Waals surface area (Å²) in [7, 11) is 2.02. The summed E-state index contributed by atoms with van der Waals surface area (Å²) in [5.74, 6) is -0.242. The van der Waals surface area contributed by atoms with Crippen molar-refractivity contribution < 1.29 is 4.39 Å². The van der Waals surface area contributed by atoms with Crippen molar-refractivity contribution in [2.24, 2.45) is 5.73 Å². The Morgan fingerprint density at radius 3 is 2.58 bits per heavy atom. The maximum Gasteiger partial charge on any atom is 0.123 e. The van der Waals surface area contributed by atoms with Crippen LogP contribution in [0.1, 0.15) is 36.4 Å². The molecular formula is C15H19FN2S. The van der Waals surface area contributed by atoms with Crippen LogP contribution in [0.25, 0.3) is 0 Å². The zero-order chi connectivity index (χ0) is 14.0. The first-order valence-electron chi connectivity index (χ1n) is 6.32. The Bertz CT molecular complexity index is 537. The van der Waals surface area contributed by atoms with Gasteiger partial charge in [0.2, 0.25) is 0 Å². The number of thiophene rings is 1. The topological polar surface area (TPSA) is 29.3 Å². The summed E-state index contributed by atoms with van der Waals surface area (Å²) in [5, 5.41) is 2.07. The van der Waals surface area contributed by atoms with Crippen molar-refractivity contribution in [3.63, 3.8) is 0 Å². The number of anilines is 1. The predicted octanol–water partition coefficient (Wildman–Crippen LogP) is 4.10. The van der Waals surface area contributed by atoms with E-state index < -0.39 is 0 Å². The fourth-order valence-electron chi connectivity index (χ4n) is 2.14. The Kier molecular flexibility index (Phi) is 4.22. The lowest BCUT2D eigenvalue weighted by molar-refractivity contribution is 0.620.